The first-order valence-electron chi connectivity index (χ1n) is 17.2. The van der Waals surface area contributed by atoms with Gasteiger partial charge in [-0.1, -0.05) is 26.5 Å². The van der Waals surface area contributed by atoms with E-state index in [-0.39, 0.29) is 29.7 Å². The largest absolute Gasteiger partial charge is 0.386 e. The third-order valence-corrected chi connectivity index (χ3v) is 10.3. The summed E-state index contributed by atoms with van der Waals surface area (Å²) in [7, 11) is 3.38. The molecule has 6 rings (SSSR count). The van der Waals surface area contributed by atoms with Gasteiger partial charge in [0.1, 0.15) is 5.56 Å². The minimum absolute atomic E-state index is 0.0323. The number of nitrogens with zero attached hydrogens (tertiary/aromatic N) is 3. The number of rotatable bonds is 11. The molecule has 2 atom stereocenters. The van der Waals surface area contributed by atoms with Gasteiger partial charge >= 0.3 is 11.9 Å². The number of aromatic amines is 2. The number of carbonyl (C=O) groups excluding carboxylic acids is 3. The summed E-state index contributed by atoms with van der Waals surface area (Å²) in [5.74, 6) is -1.85. The van der Waals surface area contributed by atoms with E-state index in [4.69, 9.17) is 24.2 Å². The normalized spacial score (nSPS) is 17.7. The van der Waals surface area contributed by atoms with E-state index < -0.39 is 11.9 Å². The zero-order valence-corrected chi connectivity index (χ0v) is 29.9. The quantitative estimate of drug-likeness (QED) is 0.149. The Bertz CT molecular complexity index is 2050. The highest BCUT2D eigenvalue weighted by atomic mass is 16.6. The number of aromatic nitrogens is 4. The summed E-state index contributed by atoms with van der Waals surface area (Å²) >= 11 is 0. The Balaban J connectivity index is 1.55. The Hall–Kier alpha value is -4.87. The van der Waals surface area contributed by atoms with Crippen LogP contribution in [0.25, 0.3) is 33.3 Å². The van der Waals surface area contributed by atoms with Gasteiger partial charge in [0.05, 0.1) is 53.7 Å². The number of methoxy groups -OCH3 is 1. The molecule has 4 aliphatic rings. The lowest BCUT2D eigenvalue weighted by Crippen LogP contribution is -2.30. The first-order valence-corrected chi connectivity index (χ1v) is 17.2. The van der Waals surface area contributed by atoms with Gasteiger partial charge in [0.25, 0.3) is 0 Å². The van der Waals surface area contributed by atoms with Crippen LogP contribution < -0.4 is 0 Å². The van der Waals surface area contributed by atoms with E-state index in [0.29, 0.717) is 60.6 Å². The van der Waals surface area contributed by atoms with Gasteiger partial charge in [-0.05, 0) is 74.1 Å². The van der Waals surface area contributed by atoms with Gasteiger partial charge in [0, 0.05) is 61.4 Å². The molecule has 2 aromatic heterocycles. The maximum Gasteiger partial charge on any atom is 0.349 e. The van der Waals surface area contributed by atoms with E-state index in [9.17, 15) is 14.4 Å². The van der Waals surface area contributed by atoms with Crippen LogP contribution in [-0.2, 0) is 19.0 Å². The number of carbonyl (C=O) groups is 3. The maximum absolute atomic E-state index is 13.7. The number of hydrogen-bond acceptors (Lipinski definition) is 8. The Morgan fingerprint density at radius 2 is 1.70 bits per heavy atom. The molecule has 50 heavy (non-hydrogen) atoms. The number of allylic oxidation sites excluding steroid dienone is 5. The molecule has 1 amide bonds. The highest BCUT2D eigenvalue weighted by Gasteiger charge is 2.38. The van der Waals surface area contributed by atoms with Crippen LogP contribution in [0.4, 0.5) is 0 Å². The van der Waals surface area contributed by atoms with Crippen molar-refractivity contribution < 1.29 is 28.6 Å². The van der Waals surface area contributed by atoms with Gasteiger partial charge in [-0.15, -0.1) is 0 Å². The average Bonchev–Trinajstić information content (AvgIpc) is 3.76. The van der Waals surface area contributed by atoms with Crippen molar-refractivity contribution in [3.05, 3.63) is 81.7 Å². The molecule has 2 aromatic rings. The molecule has 262 valence electrons. The third kappa shape index (κ3) is 6.20. The van der Waals surface area contributed by atoms with Crippen molar-refractivity contribution >= 4 is 51.2 Å². The number of hydrogen-bond donors (Lipinski definition) is 2. The molecular weight excluding hydrogens is 634 g/mol. The van der Waals surface area contributed by atoms with Crippen LogP contribution in [-0.4, -0.2) is 83.2 Å². The zero-order valence-electron chi connectivity index (χ0n) is 29.9. The van der Waals surface area contributed by atoms with Crippen LogP contribution >= 0.6 is 0 Å². The fourth-order valence-electron chi connectivity index (χ4n) is 7.27. The van der Waals surface area contributed by atoms with Crippen LogP contribution in [0.1, 0.15) is 119 Å². The number of ether oxygens (including phenoxy) is 3. The fraction of sp³-hybridized carbons (Fsp3) is 0.410. The van der Waals surface area contributed by atoms with Crippen molar-refractivity contribution in [1.29, 1.82) is 0 Å². The van der Waals surface area contributed by atoms with E-state index in [2.05, 4.69) is 37.3 Å². The highest BCUT2D eigenvalue weighted by Crippen LogP contribution is 2.44. The number of aryl methyl sites for hydroxylation is 1. The topological polar surface area (TPSA) is 140 Å². The number of likely N-dealkylation sites (N-methyl/N-ethyl adjacent to an activating group) is 1. The monoisotopic (exact) mass is 679 g/mol. The SMILES string of the molecule is C=CC1=C(C)c2cc3[nH]c(c4c5[nH]c(cc6nc(cc1n2)C(C)=C6CC)c(C)c5C(=O)OC4=O)[C@@H](CCC(=O)N(C)CCOCCOC)[C@@H]3C. The standard InChI is InChI=1S/C39H45N5O6/c1-9-24-20(3)27-17-29-22(5)26(11-12-33(45)44(7)13-14-49-16-15-48-8)36(42-29)35-37-34(38(46)50-39(35)47)23(6)30(43-37)19-32-25(10-2)21(4)28(41-32)18-31(24)40-27/h9,17-19,22,26,42-43H,1,10-16H2,2-8H3/t22-,26-/m0/s1. The number of esters is 2. The Morgan fingerprint density at radius 3 is 2.42 bits per heavy atom. The second kappa shape index (κ2) is 14.2. The van der Waals surface area contributed by atoms with Crippen molar-refractivity contribution in [2.75, 3.05) is 40.5 Å². The molecule has 6 heterocycles. The first kappa shape index (κ1) is 35.0. The lowest BCUT2D eigenvalue weighted by atomic mass is 9.85. The molecule has 0 unspecified atom stereocenters. The predicted octanol–water partition coefficient (Wildman–Crippen LogP) is 6.90. The van der Waals surface area contributed by atoms with Crippen LogP contribution in [0.15, 0.2) is 30.9 Å². The van der Waals surface area contributed by atoms with Crippen LogP contribution in [0.5, 0.6) is 0 Å². The van der Waals surface area contributed by atoms with Crippen molar-refractivity contribution in [1.82, 2.24) is 24.8 Å². The minimum atomic E-state index is -0.735. The van der Waals surface area contributed by atoms with Crippen LogP contribution in [0.3, 0.4) is 0 Å². The number of amides is 1. The van der Waals surface area contributed by atoms with E-state index in [1.54, 1.807) is 19.1 Å². The van der Waals surface area contributed by atoms with Gasteiger partial charge in [-0.3, -0.25) is 4.79 Å². The van der Waals surface area contributed by atoms with E-state index in [1.807, 2.05) is 38.1 Å². The maximum atomic E-state index is 13.7. The summed E-state index contributed by atoms with van der Waals surface area (Å²) < 4.78 is 16.0. The molecule has 0 fully saturated rings. The van der Waals surface area contributed by atoms with E-state index in [1.165, 1.54) is 0 Å². The van der Waals surface area contributed by atoms with Gasteiger partial charge in [-0.2, -0.15) is 0 Å². The predicted molar refractivity (Wildman–Crippen MR) is 193 cm³/mol. The Kier molecular flexibility index (Phi) is 9.91. The van der Waals surface area contributed by atoms with Gasteiger partial charge in [0.15, 0.2) is 0 Å². The van der Waals surface area contributed by atoms with Crippen molar-refractivity contribution in [2.24, 2.45) is 0 Å². The summed E-state index contributed by atoms with van der Waals surface area (Å²) in [6.45, 7) is 16.0. The van der Waals surface area contributed by atoms with Crippen molar-refractivity contribution in [2.45, 2.75) is 65.7 Å². The number of H-pyrrole nitrogens is 2. The molecule has 2 N–H and O–H groups in total. The fourth-order valence-corrected chi connectivity index (χ4v) is 7.27. The molecule has 0 radical (unpaired) electrons. The molecule has 4 aliphatic heterocycles. The number of nitrogens with one attached hydrogen (secondary N) is 2. The first-order chi connectivity index (χ1) is 24.0. The van der Waals surface area contributed by atoms with E-state index >= 15 is 0 Å². The van der Waals surface area contributed by atoms with Gasteiger partial charge in [0.2, 0.25) is 5.91 Å². The zero-order chi connectivity index (χ0) is 35.9. The average molecular weight is 680 g/mol. The molecule has 8 bridgehead atoms. The van der Waals surface area contributed by atoms with Gasteiger partial charge < -0.3 is 29.1 Å². The Morgan fingerprint density at radius 1 is 0.980 bits per heavy atom. The molecule has 11 nitrogen and oxygen atoms in total. The summed E-state index contributed by atoms with van der Waals surface area (Å²) in [5.41, 5.74) is 11.0. The third-order valence-electron chi connectivity index (χ3n) is 10.3. The molecule has 0 aromatic carbocycles. The van der Waals surface area contributed by atoms with Crippen LogP contribution in [0, 0.1) is 6.92 Å². The second-order valence-corrected chi connectivity index (χ2v) is 13.2. The molecule has 0 saturated heterocycles. The highest BCUT2D eigenvalue weighted by molar-refractivity contribution is 6.18. The summed E-state index contributed by atoms with van der Waals surface area (Å²) in [6, 6.07) is 5.96. The van der Waals surface area contributed by atoms with Crippen molar-refractivity contribution in [3.63, 3.8) is 0 Å². The lowest BCUT2D eigenvalue weighted by molar-refractivity contribution is -0.130. The van der Waals surface area contributed by atoms with E-state index in [0.717, 1.165) is 57.2 Å². The summed E-state index contributed by atoms with van der Waals surface area (Å²) in [4.78, 5) is 59.0. The molecule has 11 heteroatoms. The number of fused-ring (bicyclic) bond motifs is 8. The molecule has 0 saturated carbocycles. The van der Waals surface area contributed by atoms with Crippen LogP contribution in [0.2, 0.25) is 0 Å². The molecule has 0 spiro atoms. The second-order valence-electron chi connectivity index (χ2n) is 13.2. The van der Waals surface area contributed by atoms with Gasteiger partial charge in [-0.25, -0.2) is 19.6 Å². The summed E-state index contributed by atoms with van der Waals surface area (Å²) in [6.07, 6.45) is 3.28. The number of cyclic esters (lactones) is 2. The summed E-state index contributed by atoms with van der Waals surface area (Å²) in [5, 5.41) is 0. The molecule has 0 aliphatic carbocycles. The lowest BCUT2D eigenvalue weighted by Gasteiger charge is -2.22. The van der Waals surface area contributed by atoms with Crippen molar-refractivity contribution in [3.8, 4) is 0 Å². The Labute approximate surface area is 292 Å². The smallest absolute Gasteiger partial charge is 0.349 e. The minimum Gasteiger partial charge on any atom is -0.386 e. The molecular formula is C39H45N5O6.